The van der Waals surface area contributed by atoms with Crippen LogP contribution in [-0.4, -0.2) is 43.2 Å². The van der Waals surface area contributed by atoms with Crippen LogP contribution in [0.25, 0.3) is 0 Å². The minimum absolute atomic E-state index is 0.0813. The van der Waals surface area contributed by atoms with Gasteiger partial charge < -0.3 is 15.3 Å². The average Bonchev–Trinajstić information content (AvgIpc) is 2.63. The third-order valence-electron chi connectivity index (χ3n) is 3.39. The lowest BCUT2D eigenvalue weighted by Crippen LogP contribution is -2.42. The molecule has 1 aromatic carbocycles. The summed E-state index contributed by atoms with van der Waals surface area (Å²) in [6, 6.07) is 7.74. The Morgan fingerprint density at radius 3 is 2.78 bits per heavy atom. The van der Waals surface area contributed by atoms with E-state index in [1.165, 1.54) is 0 Å². The average molecular weight is 248 g/mol. The molecule has 1 aliphatic heterocycles. The third-order valence-corrected chi connectivity index (χ3v) is 3.39. The van der Waals surface area contributed by atoms with Crippen LogP contribution in [0.2, 0.25) is 0 Å². The zero-order valence-electron chi connectivity index (χ0n) is 10.7. The fraction of sp³-hybridized carbons (Fsp3) is 0.500. The van der Waals surface area contributed by atoms with Crippen molar-refractivity contribution >= 4 is 11.5 Å². The summed E-state index contributed by atoms with van der Waals surface area (Å²) < 4.78 is 0. The van der Waals surface area contributed by atoms with Gasteiger partial charge in [0.25, 0.3) is 0 Å². The van der Waals surface area contributed by atoms with Crippen LogP contribution in [0.1, 0.15) is 23.7 Å². The van der Waals surface area contributed by atoms with Crippen LogP contribution >= 0.6 is 0 Å². The quantitative estimate of drug-likeness (QED) is 0.785. The minimum atomic E-state index is 0.0813. The highest BCUT2D eigenvalue weighted by atomic mass is 16.3. The number of aliphatic hydroxyl groups excluding tert-OH is 1. The van der Waals surface area contributed by atoms with Gasteiger partial charge in [0.05, 0.1) is 12.6 Å². The Hall–Kier alpha value is -1.39. The van der Waals surface area contributed by atoms with Gasteiger partial charge in [-0.15, -0.1) is 0 Å². The van der Waals surface area contributed by atoms with E-state index in [1.54, 1.807) is 6.92 Å². The van der Waals surface area contributed by atoms with Gasteiger partial charge in [-0.1, -0.05) is 0 Å². The number of Topliss-reactive ketones (excluding diaryl/α,β-unsaturated/α-hetero) is 1. The highest BCUT2D eigenvalue weighted by Crippen LogP contribution is 2.19. The molecule has 0 aromatic heterocycles. The third kappa shape index (κ3) is 2.89. The van der Waals surface area contributed by atoms with Crippen molar-refractivity contribution in [2.24, 2.45) is 0 Å². The van der Waals surface area contributed by atoms with Crippen molar-refractivity contribution in [1.82, 2.24) is 5.32 Å². The van der Waals surface area contributed by atoms with E-state index in [2.05, 4.69) is 10.2 Å². The van der Waals surface area contributed by atoms with Gasteiger partial charge in [0.2, 0.25) is 0 Å². The number of anilines is 1. The van der Waals surface area contributed by atoms with Gasteiger partial charge in [0.1, 0.15) is 0 Å². The molecule has 1 aromatic rings. The molecule has 1 fully saturated rings. The van der Waals surface area contributed by atoms with E-state index in [4.69, 9.17) is 0 Å². The first-order chi connectivity index (χ1) is 8.72. The van der Waals surface area contributed by atoms with E-state index in [1.807, 2.05) is 24.3 Å². The number of carbonyl (C=O) groups is 1. The van der Waals surface area contributed by atoms with Gasteiger partial charge in [-0.25, -0.2) is 0 Å². The summed E-state index contributed by atoms with van der Waals surface area (Å²) >= 11 is 0. The van der Waals surface area contributed by atoms with E-state index in [9.17, 15) is 9.90 Å². The Bertz CT molecular complexity index is 403. The maximum atomic E-state index is 11.2. The summed E-state index contributed by atoms with van der Waals surface area (Å²) in [4.78, 5) is 13.5. The molecule has 98 valence electrons. The molecular weight excluding hydrogens is 228 g/mol. The fourth-order valence-electron chi connectivity index (χ4n) is 2.33. The number of nitrogens with zero attached hydrogens (tertiary/aromatic N) is 1. The lowest BCUT2D eigenvalue weighted by Gasteiger charge is -2.30. The summed E-state index contributed by atoms with van der Waals surface area (Å²) in [5.41, 5.74) is 1.80. The summed E-state index contributed by atoms with van der Waals surface area (Å²) in [5.74, 6) is 0.0813. The normalized spacial score (nSPS) is 20.6. The predicted octanol–water partition coefficient (Wildman–Crippen LogP) is 1.05. The van der Waals surface area contributed by atoms with Crippen LogP contribution in [0.5, 0.6) is 0 Å². The van der Waals surface area contributed by atoms with Crippen LogP contribution in [0.15, 0.2) is 24.3 Å². The second kappa shape index (κ2) is 5.98. The van der Waals surface area contributed by atoms with Crippen molar-refractivity contribution in [3.8, 4) is 0 Å². The first-order valence-corrected chi connectivity index (χ1v) is 6.41. The van der Waals surface area contributed by atoms with Gasteiger partial charge in [-0.2, -0.15) is 0 Å². The number of rotatable bonds is 3. The fourth-order valence-corrected chi connectivity index (χ4v) is 2.33. The smallest absolute Gasteiger partial charge is 0.159 e. The molecule has 0 amide bonds. The number of ketones is 1. The largest absolute Gasteiger partial charge is 0.394 e. The van der Waals surface area contributed by atoms with E-state index in [0.717, 1.165) is 37.3 Å². The topological polar surface area (TPSA) is 52.6 Å². The number of nitrogens with one attached hydrogen (secondary N) is 1. The van der Waals surface area contributed by atoms with Gasteiger partial charge in [0, 0.05) is 24.3 Å². The second-order valence-corrected chi connectivity index (χ2v) is 4.69. The van der Waals surface area contributed by atoms with Gasteiger partial charge >= 0.3 is 0 Å². The molecule has 0 radical (unpaired) electrons. The minimum Gasteiger partial charge on any atom is -0.394 e. The molecule has 1 saturated heterocycles. The maximum Gasteiger partial charge on any atom is 0.159 e. The molecule has 2 rings (SSSR count). The number of hydrogen-bond acceptors (Lipinski definition) is 4. The summed E-state index contributed by atoms with van der Waals surface area (Å²) in [7, 11) is 0. The first kappa shape index (κ1) is 13.1. The summed E-state index contributed by atoms with van der Waals surface area (Å²) in [6.45, 7) is 4.42. The van der Waals surface area contributed by atoms with E-state index in [0.29, 0.717) is 0 Å². The molecule has 1 unspecified atom stereocenters. The molecule has 18 heavy (non-hydrogen) atoms. The molecule has 1 heterocycles. The Balaban J connectivity index is 2.19. The van der Waals surface area contributed by atoms with Crippen molar-refractivity contribution in [2.75, 3.05) is 31.1 Å². The molecule has 1 atom stereocenters. The van der Waals surface area contributed by atoms with Gasteiger partial charge in [-0.05, 0) is 44.2 Å². The van der Waals surface area contributed by atoms with Crippen LogP contribution in [0, 0.1) is 0 Å². The van der Waals surface area contributed by atoms with Crippen molar-refractivity contribution in [2.45, 2.75) is 19.4 Å². The Morgan fingerprint density at radius 1 is 1.44 bits per heavy atom. The first-order valence-electron chi connectivity index (χ1n) is 6.41. The van der Waals surface area contributed by atoms with Crippen molar-refractivity contribution in [3.05, 3.63) is 29.8 Å². The number of carbonyl (C=O) groups excluding carboxylic acids is 1. The van der Waals surface area contributed by atoms with Crippen LogP contribution < -0.4 is 10.2 Å². The highest BCUT2D eigenvalue weighted by molar-refractivity contribution is 5.94. The molecule has 4 heteroatoms. The molecule has 0 spiro atoms. The summed E-state index contributed by atoms with van der Waals surface area (Å²) in [5, 5.41) is 12.8. The molecule has 4 nitrogen and oxygen atoms in total. The second-order valence-electron chi connectivity index (χ2n) is 4.69. The van der Waals surface area contributed by atoms with Crippen LogP contribution in [0.4, 0.5) is 5.69 Å². The SMILES string of the molecule is CC(=O)c1ccc(N2CCCNCC2CO)cc1. The molecule has 0 aliphatic carbocycles. The maximum absolute atomic E-state index is 11.2. The van der Waals surface area contributed by atoms with E-state index < -0.39 is 0 Å². The Kier molecular flexibility index (Phi) is 4.33. The Morgan fingerprint density at radius 2 is 2.17 bits per heavy atom. The standard InChI is InChI=1S/C14H20N2O2/c1-11(18)12-3-5-13(6-4-12)16-8-2-7-15-9-14(16)10-17/h3-6,14-15,17H,2,7-10H2,1H3. The van der Waals surface area contributed by atoms with Crippen LogP contribution in [-0.2, 0) is 0 Å². The number of hydrogen-bond donors (Lipinski definition) is 2. The lowest BCUT2D eigenvalue weighted by molar-refractivity contribution is 0.101. The zero-order valence-corrected chi connectivity index (χ0v) is 10.7. The monoisotopic (exact) mass is 248 g/mol. The number of benzene rings is 1. The Labute approximate surface area is 108 Å². The lowest BCUT2D eigenvalue weighted by atomic mass is 10.1. The molecule has 0 saturated carbocycles. The van der Waals surface area contributed by atoms with Crippen molar-refractivity contribution in [1.29, 1.82) is 0 Å². The summed E-state index contributed by atoms with van der Waals surface area (Å²) in [6.07, 6.45) is 1.06. The highest BCUT2D eigenvalue weighted by Gasteiger charge is 2.20. The van der Waals surface area contributed by atoms with Crippen LogP contribution in [0.3, 0.4) is 0 Å². The van der Waals surface area contributed by atoms with E-state index >= 15 is 0 Å². The van der Waals surface area contributed by atoms with Crippen molar-refractivity contribution in [3.63, 3.8) is 0 Å². The van der Waals surface area contributed by atoms with Gasteiger partial charge in [0.15, 0.2) is 5.78 Å². The predicted molar refractivity (Wildman–Crippen MR) is 72.2 cm³/mol. The molecular formula is C14H20N2O2. The zero-order chi connectivity index (χ0) is 13.0. The van der Waals surface area contributed by atoms with E-state index in [-0.39, 0.29) is 18.4 Å². The molecule has 2 N–H and O–H groups in total. The van der Waals surface area contributed by atoms with Gasteiger partial charge in [-0.3, -0.25) is 4.79 Å². The van der Waals surface area contributed by atoms with Crippen molar-refractivity contribution < 1.29 is 9.90 Å². The number of aliphatic hydroxyl groups is 1. The molecule has 0 bridgehead atoms. The molecule has 1 aliphatic rings.